The minimum Gasteiger partial charge on any atom is -0.341 e. The fourth-order valence-corrected chi connectivity index (χ4v) is 4.70. The van der Waals surface area contributed by atoms with Crippen LogP contribution in [0.25, 0.3) is 0 Å². The maximum Gasteiger partial charge on any atom is 0.236 e. The molecule has 1 saturated heterocycles. The molecular formula is C17H23N5OS. The zero-order valence-corrected chi connectivity index (χ0v) is 14.8. The molecule has 0 saturated carbocycles. The van der Waals surface area contributed by atoms with Gasteiger partial charge in [0.05, 0.1) is 6.54 Å². The Bertz CT molecular complexity index is 724. The molecule has 0 aromatic carbocycles. The number of carbonyl (C=O) groups excluding carboxylic acids is 1. The van der Waals surface area contributed by atoms with Gasteiger partial charge in [0, 0.05) is 44.0 Å². The van der Waals surface area contributed by atoms with E-state index >= 15 is 0 Å². The van der Waals surface area contributed by atoms with E-state index in [1.165, 1.54) is 10.4 Å². The van der Waals surface area contributed by atoms with Crippen molar-refractivity contribution in [3.05, 3.63) is 34.0 Å². The molecule has 2 aromatic heterocycles. The van der Waals surface area contributed by atoms with Gasteiger partial charge < -0.3 is 9.47 Å². The topological polar surface area (TPSA) is 54.3 Å². The standard InChI is InChI=1S/C17H23N5OS/c1-20-12-18-19-17(20)14-3-2-6-22(10-14)16(23)11-21-7-4-15-13(9-21)5-8-24-15/h5,8,12,14H,2-4,6-7,9-11H2,1H3/t14-/m1/s1. The van der Waals surface area contributed by atoms with Crippen LogP contribution < -0.4 is 0 Å². The highest BCUT2D eigenvalue weighted by Crippen LogP contribution is 2.26. The van der Waals surface area contributed by atoms with Crippen molar-refractivity contribution in [3.8, 4) is 0 Å². The Morgan fingerprint density at radius 2 is 2.33 bits per heavy atom. The first-order valence-corrected chi connectivity index (χ1v) is 9.48. The van der Waals surface area contributed by atoms with Crippen LogP contribution in [0.3, 0.4) is 0 Å². The molecule has 0 unspecified atom stereocenters. The molecule has 2 aliphatic rings. The van der Waals surface area contributed by atoms with Crippen LogP contribution >= 0.6 is 11.3 Å². The van der Waals surface area contributed by atoms with E-state index in [9.17, 15) is 4.79 Å². The van der Waals surface area contributed by atoms with E-state index in [2.05, 4.69) is 26.5 Å². The second kappa shape index (κ2) is 6.64. The van der Waals surface area contributed by atoms with Crippen LogP contribution in [-0.4, -0.2) is 56.7 Å². The van der Waals surface area contributed by atoms with Crippen molar-refractivity contribution in [2.24, 2.45) is 7.05 Å². The lowest BCUT2D eigenvalue weighted by molar-refractivity contribution is -0.133. The van der Waals surface area contributed by atoms with Crippen molar-refractivity contribution in [1.29, 1.82) is 0 Å². The molecule has 128 valence electrons. The van der Waals surface area contributed by atoms with Gasteiger partial charge in [-0.3, -0.25) is 9.69 Å². The lowest BCUT2D eigenvalue weighted by Gasteiger charge is -2.34. The average Bonchev–Trinajstić information content (AvgIpc) is 3.23. The summed E-state index contributed by atoms with van der Waals surface area (Å²) in [5.74, 6) is 1.55. The van der Waals surface area contributed by atoms with Crippen LogP contribution in [0.2, 0.25) is 0 Å². The number of carbonyl (C=O) groups is 1. The SMILES string of the molecule is Cn1cnnc1[C@@H]1CCCN(C(=O)CN2CCc3sccc3C2)C1. The zero-order chi connectivity index (χ0) is 16.5. The third-order valence-electron chi connectivity index (χ3n) is 5.13. The van der Waals surface area contributed by atoms with Gasteiger partial charge in [0.1, 0.15) is 12.2 Å². The number of rotatable bonds is 3. The molecule has 4 heterocycles. The number of fused-ring (bicyclic) bond motifs is 1. The molecular weight excluding hydrogens is 322 g/mol. The van der Waals surface area contributed by atoms with Crippen molar-refractivity contribution < 1.29 is 4.79 Å². The summed E-state index contributed by atoms with van der Waals surface area (Å²) >= 11 is 1.84. The summed E-state index contributed by atoms with van der Waals surface area (Å²) in [5, 5.41) is 10.4. The number of thiophene rings is 1. The first-order chi connectivity index (χ1) is 11.7. The van der Waals surface area contributed by atoms with Gasteiger partial charge in [0.15, 0.2) is 0 Å². The summed E-state index contributed by atoms with van der Waals surface area (Å²) in [7, 11) is 1.97. The molecule has 0 radical (unpaired) electrons. The van der Waals surface area contributed by atoms with Crippen LogP contribution in [0.4, 0.5) is 0 Å². The van der Waals surface area contributed by atoms with Crippen LogP contribution in [0.15, 0.2) is 17.8 Å². The molecule has 0 spiro atoms. The Balaban J connectivity index is 1.37. The van der Waals surface area contributed by atoms with E-state index in [4.69, 9.17) is 0 Å². The fourth-order valence-electron chi connectivity index (χ4n) is 3.81. The number of piperidine rings is 1. The molecule has 1 amide bonds. The average molecular weight is 345 g/mol. The summed E-state index contributed by atoms with van der Waals surface area (Å²) in [6.45, 7) is 4.05. The molecule has 24 heavy (non-hydrogen) atoms. The van der Waals surface area contributed by atoms with Crippen LogP contribution in [0.5, 0.6) is 0 Å². The molecule has 0 aliphatic carbocycles. The molecule has 1 atom stereocenters. The quantitative estimate of drug-likeness (QED) is 0.849. The maximum atomic E-state index is 12.8. The number of hydrogen-bond donors (Lipinski definition) is 0. The van der Waals surface area contributed by atoms with Gasteiger partial charge in [-0.2, -0.15) is 0 Å². The molecule has 1 fully saturated rings. The van der Waals surface area contributed by atoms with E-state index in [-0.39, 0.29) is 5.91 Å². The summed E-state index contributed by atoms with van der Waals surface area (Å²) < 4.78 is 1.97. The third kappa shape index (κ3) is 3.10. The molecule has 2 aliphatic heterocycles. The maximum absolute atomic E-state index is 12.8. The highest BCUT2D eigenvalue weighted by atomic mass is 32.1. The van der Waals surface area contributed by atoms with Crippen molar-refractivity contribution in [2.75, 3.05) is 26.2 Å². The molecule has 0 bridgehead atoms. The third-order valence-corrected chi connectivity index (χ3v) is 6.15. The van der Waals surface area contributed by atoms with Gasteiger partial charge in [0.2, 0.25) is 5.91 Å². The van der Waals surface area contributed by atoms with Crippen molar-refractivity contribution in [2.45, 2.75) is 31.7 Å². The lowest BCUT2D eigenvalue weighted by Crippen LogP contribution is -2.45. The molecule has 6 nitrogen and oxygen atoms in total. The zero-order valence-electron chi connectivity index (χ0n) is 14.0. The lowest BCUT2D eigenvalue weighted by atomic mass is 9.97. The molecule has 0 N–H and O–H groups in total. The van der Waals surface area contributed by atoms with Gasteiger partial charge in [-0.05, 0) is 36.3 Å². The van der Waals surface area contributed by atoms with Crippen molar-refractivity contribution in [1.82, 2.24) is 24.6 Å². The summed E-state index contributed by atoms with van der Waals surface area (Å²) in [6, 6.07) is 2.20. The van der Waals surface area contributed by atoms with E-state index in [0.29, 0.717) is 12.5 Å². The molecule has 2 aromatic rings. The number of nitrogens with zero attached hydrogens (tertiary/aromatic N) is 5. The minimum atomic E-state index is 0.251. The molecule has 4 rings (SSSR count). The highest BCUT2D eigenvalue weighted by Gasteiger charge is 2.29. The van der Waals surface area contributed by atoms with Gasteiger partial charge in [-0.25, -0.2) is 0 Å². The normalized spacial score (nSPS) is 21.7. The predicted molar refractivity (Wildman–Crippen MR) is 92.9 cm³/mol. The number of aryl methyl sites for hydroxylation is 1. The van der Waals surface area contributed by atoms with Gasteiger partial charge >= 0.3 is 0 Å². The van der Waals surface area contributed by atoms with Crippen LogP contribution in [0.1, 0.15) is 35.0 Å². The van der Waals surface area contributed by atoms with Crippen LogP contribution in [-0.2, 0) is 24.8 Å². The fraction of sp³-hybridized carbons (Fsp3) is 0.588. The van der Waals surface area contributed by atoms with E-state index < -0.39 is 0 Å². The summed E-state index contributed by atoms with van der Waals surface area (Å²) in [5.41, 5.74) is 1.40. The largest absolute Gasteiger partial charge is 0.341 e. The first-order valence-electron chi connectivity index (χ1n) is 8.60. The minimum absolute atomic E-state index is 0.251. The van der Waals surface area contributed by atoms with Crippen LogP contribution in [0, 0.1) is 0 Å². The Labute approximate surface area is 146 Å². The Hall–Kier alpha value is -1.73. The van der Waals surface area contributed by atoms with Gasteiger partial charge in [-0.1, -0.05) is 0 Å². The van der Waals surface area contributed by atoms with E-state index in [0.717, 1.165) is 51.3 Å². The summed E-state index contributed by atoms with van der Waals surface area (Å²) in [4.78, 5) is 18.5. The van der Waals surface area contributed by atoms with Gasteiger partial charge in [-0.15, -0.1) is 21.5 Å². The first kappa shape index (κ1) is 15.8. The Morgan fingerprint density at radius 1 is 1.42 bits per heavy atom. The number of likely N-dealkylation sites (tertiary alicyclic amines) is 1. The number of hydrogen-bond acceptors (Lipinski definition) is 5. The number of amides is 1. The smallest absolute Gasteiger partial charge is 0.236 e. The van der Waals surface area contributed by atoms with Gasteiger partial charge in [0.25, 0.3) is 0 Å². The van der Waals surface area contributed by atoms with E-state index in [1.54, 1.807) is 6.33 Å². The number of aromatic nitrogens is 3. The highest BCUT2D eigenvalue weighted by molar-refractivity contribution is 7.10. The Morgan fingerprint density at radius 3 is 3.17 bits per heavy atom. The van der Waals surface area contributed by atoms with Crippen molar-refractivity contribution in [3.63, 3.8) is 0 Å². The van der Waals surface area contributed by atoms with E-state index in [1.807, 2.05) is 27.9 Å². The van der Waals surface area contributed by atoms with Crippen molar-refractivity contribution >= 4 is 17.2 Å². The predicted octanol–water partition coefficient (Wildman–Crippen LogP) is 1.64. The second-order valence-corrected chi connectivity index (χ2v) is 7.81. The Kier molecular flexibility index (Phi) is 4.37. The summed E-state index contributed by atoms with van der Waals surface area (Å²) in [6.07, 6.45) is 4.93. The monoisotopic (exact) mass is 345 g/mol. The molecule has 7 heteroatoms. The second-order valence-electron chi connectivity index (χ2n) is 6.81.